The molecule has 1 unspecified atom stereocenters. The van der Waals surface area contributed by atoms with Crippen molar-refractivity contribution in [1.29, 1.82) is 0 Å². The number of hydrogen-bond acceptors (Lipinski definition) is 7. The molecule has 0 saturated carbocycles. The van der Waals surface area contributed by atoms with Crippen molar-refractivity contribution >= 4 is 23.2 Å². The van der Waals surface area contributed by atoms with Gasteiger partial charge in [-0.2, -0.15) is 0 Å². The van der Waals surface area contributed by atoms with Crippen LogP contribution in [0, 0.1) is 10.1 Å². The van der Waals surface area contributed by atoms with E-state index in [4.69, 9.17) is 5.73 Å². The number of anilines is 2. The lowest BCUT2D eigenvalue weighted by Gasteiger charge is -2.10. The van der Waals surface area contributed by atoms with Crippen LogP contribution in [-0.4, -0.2) is 40.1 Å². The molecule has 0 aliphatic carbocycles. The topological polar surface area (TPSA) is 143 Å². The molecule has 5 N–H and O–H groups in total. The highest BCUT2D eigenvalue weighted by Crippen LogP contribution is 2.20. The van der Waals surface area contributed by atoms with Gasteiger partial charge in [0.05, 0.1) is 23.6 Å². The summed E-state index contributed by atoms with van der Waals surface area (Å²) in [6.07, 6.45) is -1.39. The minimum atomic E-state index is -1.39. The molecule has 1 amide bonds. The number of pyridine rings is 1. The molecule has 0 fully saturated rings. The van der Waals surface area contributed by atoms with E-state index in [0.29, 0.717) is 12.4 Å². The van der Waals surface area contributed by atoms with Gasteiger partial charge in [0, 0.05) is 6.54 Å². The number of aliphatic hydroxyl groups is 1. The van der Waals surface area contributed by atoms with Crippen LogP contribution in [0.15, 0.2) is 12.1 Å². The maximum Gasteiger partial charge on any atom is 0.276 e. The van der Waals surface area contributed by atoms with Gasteiger partial charge < -0.3 is 21.5 Å². The van der Waals surface area contributed by atoms with Gasteiger partial charge in [-0.25, -0.2) is 4.98 Å². The molecule has 0 aromatic carbocycles. The van der Waals surface area contributed by atoms with Crippen molar-refractivity contribution in [2.24, 2.45) is 5.73 Å². The van der Waals surface area contributed by atoms with Gasteiger partial charge in [0.25, 0.3) is 5.69 Å². The van der Waals surface area contributed by atoms with Crippen molar-refractivity contribution in [3.63, 3.8) is 0 Å². The van der Waals surface area contributed by atoms with E-state index in [2.05, 4.69) is 15.6 Å². The van der Waals surface area contributed by atoms with Crippen LogP contribution in [0.4, 0.5) is 17.3 Å². The normalized spacial score (nSPS) is 11.7. The van der Waals surface area contributed by atoms with Crippen molar-refractivity contribution in [1.82, 2.24) is 4.98 Å². The summed E-state index contributed by atoms with van der Waals surface area (Å²) in [5.74, 6) is -0.386. The number of nitrogens with one attached hydrogen (secondary N) is 2. The van der Waals surface area contributed by atoms with E-state index < -0.39 is 16.9 Å². The number of carbonyl (C=O) groups excluding carboxylic acids is 1. The Morgan fingerprint density at radius 1 is 1.53 bits per heavy atom. The molecule has 0 bridgehead atoms. The molecule has 1 aromatic rings. The summed E-state index contributed by atoms with van der Waals surface area (Å²) >= 11 is 0. The van der Waals surface area contributed by atoms with Gasteiger partial charge >= 0.3 is 0 Å². The van der Waals surface area contributed by atoms with E-state index >= 15 is 0 Å². The zero-order valence-corrected chi connectivity index (χ0v) is 10.3. The van der Waals surface area contributed by atoms with Crippen LogP contribution < -0.4 is 16.4 Å². The summed E-state index contributed by atoms with van der Waals surface area (Å²) in [5, 5.41) is 25.4. The highest BCUT2D eigenvalue weighted by atomic mass is 16.6. The third kappa shape index (κ3) is 4.39. The number of nitro groups is 1. The van der Waals surface area contributed by atoms with Crippen LogP contribution in [0.5, 0.6) is 0 Å². The smallest absolute Gasteiger partial charge is 0.276 e. The van der Waals surface area contributed by atoms with Crippen LogP contribution >= 0.6 is 0 Å². The Morgan fingerprint density at radius 3 is 2.58 bits per heavy atom. The van der Waals surface area contributed by atoms with Crippen LogP contribution in [-0.2, 0) is 4.79 Å². The second-order valence-electron chi connectivity index (χ2n) is 3.68. The van der Waals surface area contributed by atoms with E-state index in [9.17, 15) is 20.0 Å². The second-order valence-corrected chi connectivity index (χ2v) is 3.68. The molecule has 1 aromatic heterocycles. The molecular weight excluding hydrogens is 254 g/mol. The minimum Gasteiger partial charge on any atom is -0.381 e. The average Bonchev–Trinajstić information content (AvgIpc) is 2.35. The standard InChI is InChI=1S/C10H15N5O4/c1-2-12-8-3-6(15(18)19)4-9(14-8)13-5-7(16)10(11)17/h3-4,7,16H,2,5H2,1H3,(H2,11,17)(H2,12,13,14). The van der Waals surface area contributed by atoms with E-state index in [1.54, 1.807) is 0 Å². The van der Waals surface area contributed by atoms with Crippen LogP contribution in [0.1, 0.15) is 6.92 Å². The fourth-order valence-electron chi connectivity index (χ4n) is 1.29. The first-order chi connectivity index (χ1) is 8.93. The number of rotatable bonds is 7. The first kappa shape index (κ1) is 14.6. The highest BCUT2D eigenvalue weighted by molar-refractivity contribution is 5.79. The molecule has 9 heteroatoms. The number of aromatic nitrogens is 1. The SMILES string of the molecule is CCNc1cc([N+](=O)[O-])cc(NCC(O)C(N)=O)n1. The molecule has 1 heterocycles. The van der Waals surface area contributed by atoms with Crippen molar-refractivity contribution in [2.45, 2.75) is 13.0 Å². The van der Waals surface area contributed by atoms with Crippen molar-refractivity contribution in [2.75, 3.05) is 23.7 Å². The van der Waals surface area contributed by atoms with Crippen molar-refractivity contribution in [3.8, 4) is 0 Å². The lowest BCUT2D eigenvalue weighted by Crippen LogP contribution is -2.34. The number of primary amides is 1. The molecule has 0 aliphatic rings. The predicted octanol–water partition coefficient (Wildman–Crippen LogP) is -0.320. The lowest BCUT2D eigenvalue weighted by molar-refractivity contribution is -0.384. The maximum absolute atomic E-state index is 10.8. The zero-order chi connectivity index (χ0) is 14.4. The van der Waals surface area contributed by atoms with Crippen molar-refractivity contribution < 1.29 is 14.8 Å². The number of carbonyl (C=O) groups is 1. The largest absolute Gasteiger partial charge is 0.381 e. The minimum absolute atomic E-state index is 0.151. The van der Waals surface area contributed by atoms with E-state index in [0.717, 1.165) is 0 Å². The molecule has 0 radical (unpaired) electrons. The number of aliphatic hydroxyl groups excluding tert-OH is 1. The summed E-state index contributed by atoms with van der Waals surface area (Å²) in [6.45, 7) is 2.21. The number of hydrogen-bond donors (Lipinski definition) is 4. The lowest BCUT2D eigenvalue weighted by atomic mass is 10.3. The quantitative estimate of drug-likeness (QED) is 0.392. The Kier molecular flexibility index (Phi) is 5.01. The van der Waals surface area contributed by atoms with Gasteiger partial charge in [-0.15, -0.1) is 0 Å². The average molecular weight is 269 g/mol. The van der Waals surface area contributed by atoms with Crippen LogP contribution in [0.25, 0.3) is 0 Å². The number of amides is 1. The Morgan fingerprint density at radius 2 is 2.11 bits per heavy atom. The fraction of sp³-hybridized carbons (Fsp3) is 0.400. The van der Waals surface area contributed by atoms with Crippen LogP contribution in [0.3, 0.4) is 0 Å². The second kappa shape index (κ2) is 6.50. The first-order valence-corrected chi connectivity index (χ1v) is 5.55. The predicted molar refractivity (Wildman–Crippen MR) is 68.7 cm³/mol. The van der Waals surface area contributed by atoms with E-state index in [1.807, 2.05) is 6.92 Å². The molecule has 0 spiro atoms. The van der Waals surface area contributed by atoms with E-state index in [1.165, 1.54) is 12.1 Å². The van der Waals surface area contributed by atoms with Gasteiger partial charge in [-0.1, -0.05) is 0 Å². The third-order valence-electron chi connectivity index (χ3n) is 2.18. The summed E-state index contributed by atoms with van der Waals surface area (Å²) in [5.41, 5.74) is 4.74. The van der Waals surface area contributed by atoms with Gasteiger partial charge in [-0.3, -0.25) is 14.9 Å². The molecule has 0 saturated heterocycles. The Bertz CT molecular complexity index is 479. The number of nitrogens with two attached hydrogens (primary N) is 1. The van der Waals surface area contributed by atoms with Crippen LogP contribution in [0.2, 0.25) is 0 Å². The Labute approximate surface area is 109 Å². The fourth-order valence-corrected chi connectivity index (χ4v) is 1.29. The summed E-state index contributed by atoms with van der Waals surface area (Å²) in [4.78, 5) is 24.9. The van der Waals surface area contributed by atoms with Gasteiger partial charge in [-0.05, 0) is 6.92 Å². The summed E-state index contributed by atoms with van der Waals surface area (Å²) in [7, 11) is 0. The molecule has 0 aliphatic heterocycles. The number of nitrogens with zero attached hydrogens (tertiary/aromatic N) is 2. The molecular formula is C10H15N5O4. The molecule has 1 atom stereocenters. The molecule has 19 heavy (non-hydrogen) atoms. The maximum atomic E-state index is 10.8. The van der Waals surface area contributed by atoms with Gasteiger partial charge in [0.1, 0.15) is 17.7 Å². The van der Waals surface area contributed by atoms with Gasteiger partial charge in [0.15, 0.2) is 0 Å². The molecule has 104 valence electrons. The zero-order valence-electron chi connectivity index (χ0n) is 10.3. The van der Waals surface area contributed by atoms with Gasteiger partial charge in [0.2, 0.25) is 5.91 Å². The third-order valence-corrected chi connectivity index (χ3v) is 2.18. The summed E-state index contributed by atoms with van der Waals surface area (Å²) in [6, 6.07) is 2.49. The highest BCUT2D eigenvalue weighted by Gasteiger charge is 2.14. The Balaban J connectivity index is 2.87. The Hall–Kier alpha value is -2.42. The summed E-state index contributed by atoms with van der Waals surface area (Å²) < 4.78 is 0. The molecule has 9 nitrogen and oxygen atoms in total. The molecule has 1 rings (SSSR count). The first-order valence-electron chi connectivity index (χ1n) is 5.55. The van der Waals surface area contributed by atoms with Crippen molar-refractivity contribution in [3.05, 3.63) is 22.2 Å². The van der Waals surface area contributed by atoms with E-state index in [-0.39, 0.29) is 18.1 Å². The monoisotopic (exact) mass is 269 g/mol.